The fourth-order valence-electron chi connectivity index (χ4n) is 0.895. The van der Waals surface area contributed by atoms with Crippen LogP contribution < -0.4 is 5.32 Å². The summed E-state index contributed by atoms with van der Waals surface area (Å²) in [6.07, 6.45) is 1.78. The Balaban J connectivity index is 0.000000292. The minimum atomic E-state index is -0.720. The van der Waals surface area contributed by atoms with Gasteiger partial charge in [0.1, 0.15) is 6.04 Å². The van der Waals surface area contributed by atoms with Crippen LogP contribution in [0.25, 0.3) is 0 Å². The molecule has 0 bridgehead atoms. The van der Waals surface area contributed by atoms with Crippen molar-refractivity contribution in [2.24, 2.45) is 0 Å². The van der Waals surface area contributed by atoms with E-state index in [-0.39, 0.29) is 6.04 Å². The summed E-state index contributed by atoms with van der Waals surface area (Å²) in [5, 5.41) is 11.2. The van der Waals surface area contributed by atoms with Gasteiger partial charge in [0.25, 0.3) is 0 Å². The molecular formula is C7H15NO2S. The first kappa shape index (κ1) is 10.8. The van der Waals surface area contributed by atoms with Crippen molar-refractivity contribution in [2.45, 2.75) is 25.8 Å². The monoisotopic (exact) mass is 177 g/mol. The summed E-state index contributed by atoms with van der Waals surface area (Å²) in [6.45, 7) is 2.85. The fourth-order valence-corrected chi connectivity index (χ4v) is 0.895. The first-order chi connectivity index (χ1) is 5.22. The van der Waals surface area contributed by atoms with Gasteiger partial charge in [-0.1, -0.05) is 6.92 Å². The maximum absolute atomic E-state index is 10.1. The second-order valence-electron chi connectivity index (χ2n) is 2.30. The molecule has 1 atom stereocenters. The standard InChI is InChI=1S/C5H9NO2.C2H6S/c7-5(8)4-2-1-3-6-4;1-2-3/h4,6H,1-3H2,(H,7,8);3H,2H2,1H3/t4-;/m0./s1. The van der Waals surface area contributed by atoms with E-state index in [4.69, 9.17) is 5.11 Å². The van der Waals surface area contributed by atoms with Crippen LogP contribution in [0.4, 0.5) is 0 Å². The fraction of sp³-hybridized carbons (Fsp3) is 0.857. The lowest BCUT2D eigenvalue weighted by Gasteiger charge is -1.99. The SMILES string of the molecule is CCS.O=C(O)[C@@H]1CCCN1. The third-order valence-electron chi connectivity index (χ3n) is 1.36. The summed E-state index contributed by atoms with van der Waals surface area (Å²) in [4.78, 5) is 10.1. The van der Waals surface area contributed by atoms with Crippen LogP contribution in [0.2, 0.25) is 0 Å². The summed E-state index contributed by atoms with van der Waals surface area (Å²) < 4.78 is 0. The Kier molecular flexibility index (Phi) is 6.36. The predicted octanol–water partition coefficient (Wildman–Crippen LogP) is 0.759. The zero-order chi connectivity index (χ0) is 8.69. The number of nitrogens with one attached hydrogen (secondary N) is 1. The minimum absolute atomic E-state index is 0.269. The van der Waals surface area contributed by atoms with Gasteiger partial charge >= 0.3 is 5.97 Å². The molecule has 1 aliphatic rings. The van der Waals surface area contributed by atoms with Crippen LogP contribution in [0, 0.1) is 0 Å². The van der Waals surface area contributed by atoms with Gasteiger partial charge in [0, 0.05) is 0 Å². The van der Waals surface area contributed by atoms with Crippen LogP contribution in [-0.2, 0) is 4.79 Å². The van der Waals surface area contributed by atoms with Gasteiger partial charge < -0.3 is 10.4 Å². The Hall–Kier alpha value is -0.220. The summed E-state index contributed by atoms with van der Waals surface area (Å²) in [5.41, 5.74) is 0. The highest BCUT2D eigenvalue weighted by Gasteiger charge is 2.20. The van der Waals surface area contributed by atoms with E-state index >= 15 is 0 Å². The molecule has 0 aromatic carbocycles. The van der Waals surface area contributed by atoms with Gasteiger partial charge in [-0.2, -0.15) is 12.6 Å². The average molecular weight is 177 g/mol. The Morgan fingerprint density at radius 1 is 1.82 bits per heavy atom. The molecule has 66 valence electrons. The molecule has 1 heterocycles. The number of thiol groups is 1. The molecule has 2 N–H and O–H groups in total. The molecule has 0 spiro atoms. The Bertz CT molecular complexity index is 113. The average Bonchev–Trinajstić information content (AvgIpc) is 2.38. The van der Waals surface area contributed by atoms with E-state index in [9.17, 15) is 4.79 Å². The molecule has 11 heavy (non-hydrogen) atoms. The van der Waals surface area contributed by atoms with Crippen LogP contribution >= 0.6 is 12.6 Å². The number of hydrogen-bond acceptors (Lipinski definition) is 3. The number of aliphatic carboxylic acids is 1. The molecule has 0 amide bonds. The molecule has 0 radical (unpaired) electrons. The van der Waals surface area contributed by atoms with E-state index in [0.717, 1.165) is 25.1 Å². The normalized spacial score (nSPS) is 22.2. The summed E-state index contributed by atoms with van der Waals surface area (Å²) >= 11 is 3.79. The lowest BCUT2D eigenvalue weighted by molar-refractivity contribution is -0.139. The van der Waals surface area contributed by atoms with Gasteiger partial charge in [-0.15, -0.1) is 0 Å². The predicted molar refractivity (Wildman–Crippen MR) is 48.2 cm³/mol. The maximum atomic E-state index is 10.1. The molecular weight excluding hydrogens is 162 g/mol. The lowest BCUT2D eigenvalue weighted by atomic mass is 10.2. The molecule has 1 fully saturated rings. The molecule has 0 unspecified atom stereocenters. The van der Waals surface area contributed by atoms with E-state index in [2.05, 4.69) is 17.9 Å². The van der Waals surface area contributed by atoms with Crippen molar-refractivity contribution in [3.05, 3.63) is 0 Å². The van der Waals surface area contributed by atoms with Crippen LogP contribution in [0.3, 0.4) is 0 Å². The van der Waals surface area contributed by atoms with Gasteiger partial charge in [0.15, 0.2) is 0 Å². The molecule has 1 saturated heterocycles. The Morgan fingerprint density at radius 2 is 2.36 bits per heavy atom. The zero-order valence-corrected chi connectivity index (χ0v) is 7.60. The number of carboxylic acids is 1. The molecule has 0 saturated carbocycles. The largest absolute Gasteiger partial charge is 0.480 e. The number of rotatable bonds is 1. The Labute approximate surface area is 72.6 Å². The highest BCUT2D eigenvalue weighted by Crippen LogP contribution is 2.03. The number of carbonyl (C=O) groups is 1. The third-order valence-corrected chi connectivity index (χ3v) is 1.36. The van der Waals surface area contributed by atoms with E-state index < -0.39 is 5.97 Å². The first-order valence-electron chi connectivity index (χ1n) is 3.79. The first-order valence-corrected chi connectivity index (χ1v) is 4.42. The van der Waals surface area contributed by atoms with Gasteiger partial charge in [-0.25, -0.2) is 0 Å². The van der Waals surface area contributed by atoms with Crippen LogP contribution in [0.1, 0.15) is 19.8 Å². The van der Waals surface area contributed by atoms with Crippen LogP contribution in [-0.4, -0.2) is 29.4 Å². The van der Waals surface area contributed by atoms with Crippen molar-refractivity contribution in [3.63, 3.8) is 0 Å². The minimum Gasteiger partial charge on any atom is -0.480 e. The summed E-state index contributed by atoms with van der Waals surface area (Å²) in [5.74, 6) is 0.225. The van der Waals surface area contributed by atoms with E-state index in [1.807, 2.05) is 6.92 Å². The molecule has 1 aliphatic heterocycles. The number of carboxylic acid groups (broad SMARTS) is 1. The third kappa shape index (κ3) is 5.09. The van der Waals surface area contributed by atoms with Crippen LogP contribution in [0.15, 0.2) is 0 Å². The van der Waals surface area contributed by atoms with Gasteiger partial charge in [-0.3, -0.25) is 4.79 Å². The highest BCUT2D eigenvalue weighted by molar-refractivity contribution is 7.80. The highest BCUT2D eigenvalue weighted by atomic mass is 32.1. The van der Waals surface area contributed by atoms with E-state index in [1.54, 1.807) is 0 Å². The molecule has 3 nitrogen and oxygen atoms in total. The van der Waals surface area contributed by atoms with Gasteiger partial charge in [-0.05, 0) is 25.1 Å². The van der Waals surface area contributed by atoms with Crippen molar-refractivity contribution >= 4 is 18.6 Å². The quantitative estimate of drug-likeness (QED) is 0.518. The molecule has 1 rings (SSSR count). The van der Waals surface area contributed by atoms with Crippen molar-refractivity contribution < 1.29 is 9.90 Å². The molecule has 0 aromatic heterocycles. The number of hydrogen-bond donors (Lipinski definition) is 3. The summed E-state index contributed by atoms with van der Waals surface area (Å²) in [6, 6.07) is -0.269. The topological polar surface area (TPSA) is 49.3 Å². The summed E-state index contributed by atoms with van der Waals surface area (Å²) in [7, 11) is 0. The van der Waals surface area contributed by atoms with Crippen molar-refractivity contribution in [3.8, 4) is 0 Å². The van der Waals surface area contributed by atoms with Crippen molar-refractivity contribution in [1.29, 1.82) is 0 Å². The zero-order valence-electron chi connectivity index (χ0n) is 6.71. The maximum Gasteiger partial charge on any atom is 0.320 e. The lowest BCUT2D eigenvalue weighted by Crippen LogP contribution is -2.29. The van der Waals surface area contributed by atoms with Crippen LogP contribution in [0.5, 0.6) is 0 Å². The van der Waals surface area contributed by atoms with Crippen molar-refractivity contribution in [2.75, 3.05) is 12.3 Å². The van der Waals surface area contributed by atoms with Gasteiger partial charge in [0.2, 0.25) is 0 Å². The Morgan fingerprint density at radius 3 is 2.55 bits per heavy atom. The van der Waals surface area contributed by atoms with Crippen molar-refractivity contribution in [1.82, 2.24) is 5.32 Å². The second kappa shape index (κ2) is 6.49. The molecule has 0 aromatic rings. The molecule has 4 heteroatoms. The van der Waals surface area contributed by atoms with E-state index in [1.165, 1.54) is 0 Å². The smallest absolute Gasteiger partial charge is 0.320 e. The second-order valence-corrected chi connectivity index (χ2v) is 2.94. The van der Waals surface area contributed by atoms with Gasteiger partial charge in [0.05, 0.1) is 0 Å². The van der Waals surface area contributed by atoms with E-state index in [0.29, 0.717) is 0 Å². The molecule has 0 aliphatic carbocycles.